The van der Waals surface area contributed by atoms with E-state index in [2.05, 4.69) is 10.6 Å². The highest BCUT2D eigenvalue weighted by molar-refractivity contribution is 6.31. The van der Waals surface area contributed by atoms with Crippen LogP contribution in [0.3, 0.4) is 0 Å². The van der Waals surface area contributed by atoms with Crippen LogP contribution in [0.15, 0.2) is 12.1 Å². The molecule has 0 saturated carbocycles. The zero-order valence-corrected chi connectivity index (χ0v) is 9.35. The first-order chi connectivity index (χ1) is 7.74. The Bertz CT molecular complexity index is 427. The SMILES string of the molecule is Fc1cc2c(cc1Cl)NCC1COCC1N2. The minimum atomic E-state index is -0.396. The minimum absolute atomic E-state index is 0.149. The van der Waals surface area contributed by atoms with E-state index < -0.39 is 5.82 Å². The monoisotopic (exact) mass is 242 g/mol. The lowest BCUT2D eigenvalue weighted by molar-refractivity contribution is 0.186. The van der Waals surface area contributed by atoms with Crippen LogP contribution >= 0.6 is 11.6 Å². The molecule has 2 aliphatic rings. The van der Waals surface area contributed by atoms with Crippen molar-refractivity contribution in [3.8, 4) is 0 Å². The molecule has 5 heteroatoms. The van der Waals surface area contributed by atoms with E-state index in [4.69, 9.17) is 16.3 Å². The summed E-state index contributed by atoms with van der Waals surface area (Å²) in [4.78, 5) is 0. The molecule has 3 nitrogen and oxygen atoms in total. The Kier molecular flexibility index (Phi) is 2.41. The van der Waals surface area contributed by atoms with E-state index in [0.29, 0.717) is 12.5 Å². The minimum Gasteiger partial charge on any atom is -0.383 e. The maximum absolute atomic E-state index is 13.4. The topological polar surface area (TPSA) is 33.3 Å². The standard InChI is InChI=1S/C11H12ClFN2O/c12-7-1-9-10(2-8(7)13)15-11-5-16-4-6(11)3-14-9/h1-2,6,11,14-15H,3-5H2. The Balaban J connectivity index is 1.97. The number of ether oxygens (including phenoxy) is 1. The Labute approximate surface area is 97.9 Å². The van der Waals surface area contributed by atoms with E-state index in [1.54, 1.807) is 6.07 Å². The van der Waals surface area contributed by atoms with Crippen molar-refractivity contribution in [1.29, 1.82) is 0 Å². The summed E-state index contributed by atoms with van der Waals surface area (Å²) in [5, 5.41) is 6.72. The molecule has 86 valence electrons. The van der Waals surface area contributed by atoms with Gasteiger partial charge in [-0.05, 0) is 6.07 Å². The molecule has 2 atom stereocenters. The number of anilines is 2. The summed E-state index contributed by atoms with van der Waals surface area (Å²) in [7, 11) is 0. The fraction of sp³-hybridized carbons (Fsp3) is 0.455. The van der Waals surface area contributed by atoms with Gasteiger partial charge in [-0.2, -0.15) is 0 Å². The van der Waals surface area contributed by atoms with E-state index in [1.807, 2.05) is 0 Å². The lowest BCUT2D eigenvalue weighted by Crippen LogP contribution is -2.29. The molecule has 0 bridgehead atoms. The lowest BCUT2D eigenvalue weighted by atomic mass is 10.0. The molecule has 1 aromatic carbocycles. The number of hydrogen-bond donors (Lipinski definition) is 2. The maximum atomic E-state index is 13.4. The largest absolute Gasteiger partial charge is 0.383 e. The van der Waals surface area contributed by atoms with Gasteiger partial charge in [0.1, 0.15) is 5.82 Å². The van der Waals surface area contributed by atoms with Gasteiger partial charge in [-0.25, -0.2) is 4.39 Å². The predicted octanol–water partition coefficient (Wildman–Crippen LogP) is 2.33. The molecule has 0 amide bonds. The highest BCUT2D eigenvalue weighted by Gasteiger charge is 2.31. The van der Waals surface area contributed by atoms with Crippen molar-refractivity contribution < 1.29 is 9.13 Å². The van der Waals surface area contributed by atoms with Crippen molar-refractivity contribution in [1.82, 2.24) is 0 Å². The summed E-state index contributed by atoms with van der Waals surface area (Å²) < 4.78 is 18.7. The quantitative estimate of drug-likeness (QED) is 0.733. The van der Waals surface area contributed by atoms with Gasteiger partial charge in [0.2, 0.25) is 0 Å². The molecule has 16 heavy (non-hydrogen) atoms. The number of benzene rings is 1. The smallest absolute Gasteiger partial charge is 0.143 e. The Hall–Kier alpha value is -1.00. The fourth-order valence-corrected chi connectivity index (χ4v) is 2.38. The van der Waals surface area contributed by atoms with E-state index >= 15 is 0 Å². The number of hydrogen-bond acceptors (Lipinski definition) is 3. The van der Waals surface area contributed by atoms with E-state index in [0.717, 1.165) is 24.5 Å². The summed E-state index contributed by atoms with van der Waals surface area (Å²) in [6.07, 6.45) is 0. The molecule has 2 N–H and O–H groups in total. The molecule has 1 saturated heterocycles. The zero-order valence-electron chi connectivity index (χ0n) is 8.59. The van der Waals surface area contributed by atoms with Crippen LogP contribution in [0.25, 0.3) is 0 Å². The van der Waals surface area contributed by atoms with Gasteiger partial charge in [-0.3, -0.25) is 0 Å². The molecular weight excluding hydrogens is 231 g/mol. The van der Waals surface area contributed by atoms with E-state index in [9.17, 15) is 4.39 Å². The molecule has 0 aromatic heterocycles. The third-order valence-electron chi connectivity index (χ3n) is 3.15. The number of halogens is 2. The summed E-state index contributed by atoms with van der Waals surface area (Å²) in [6.45, 7) is 2.25. The van der Waals surface area contributed by atoms with Gasteiger partial charge in [-0.1, -0.05) is 11.6 Å². The molecule has 2 aliphatic heterocycles. The molecule has 0 radical (unpaired) electrons. The second-order valence-corrected chi connectivity index (χ2v) is 4.65. The van der Waals surface area contributed by atoms with Gasteiger partial charge in [0.15, 0.2) is 0 Å². The van der Waals surface area contributed by atoms with Crippen LogP contribution in [-0.2, 0) is 4.74 Å². The third-order valence-corrected chi connectivity index (χ3v) is 3.44. The van der Waals surface area contributed by atoms with Gasteiger partial charge in [0.05, 0.1) is 35.7 Å². The summed E-state index contributed by atoms with van der Waals surface area (Å²) in [6, 6.07) is 3.32. The number of nitrogens with one attached hydrogen (secondary N) is 2. The Morgan fingerprint density at radius 3 is 3.06 bits per heavy atom. The first-order valence-electron chi connectivity index (χ1n) is 5.31. The normalized spacial score (nSPS) is 27.4. The van der Waals surface area contributed by atoms with Crippen LogP contribution < -0.4 is 10.6 Å². The Morgan fingerprint density at radius 2 is 2.19 bits per heavy atom. The van der Waals surface area contributed by atoms with Gasteiger partial charge < -0.3 is 15.4 Å². The van der Waals surface area contributed by atoms with E-state index in [-0.39, 0.29) is 11.1 Å². The average Bonchev–Trinajstić information content (AvgIpc) is 2.63. The summed E-state index contributed by atoms with van der Waals surface area (Å²) >= 11 is 5.75. The first kappa shape index (κ1) is 10.2. The van der Waals surface area contributed by atoms with Crippen LogP contribution in [0, 0.1) is 11.7 Å². The highest BCUT2D eigenvalue weighted by atomic mass is 35.5. The van der Waals surface area contributed by atoms with Gasteiger partial charge in [0, 0.05) is 18.5 Å². The van der Waals surface area contributed by atoms with Crippen molar-refractivity contribution in [3.05, 3.63) is 23.0 Å². The van der Waals surface area contributed by atoms with Crippen molar-refractivity contribution in [2.24, 2.45) is 5.92 Å². The maximum Gasteiger partial charge on any atom is 0.143 e. The third kappa shape index (κ3) is 1.62. The first-order valence-corrected chi connectivity index (χ1v) is 5.69. The zero-order chi connectivity index (χ0) is 11.1. The van der Waals surface area contributed by atoms with Crippen LogP contribution in [-0.4, -0.2) is 25.8 Å². The molecule has 1 fully saturated rings. The number of rotatable bonds is 0. The number of fused-ring (bicyclic) bond motifs is 2. The van der Waals surface area contributed by atoms with Crippen LogP contribution in [0.4, 0.5) is 15.8 Å². The molecule has 2 heterocycles. The van der Waals surface area contributed by atoms with Gasteiger partial charge in [0.25, 0.3) is 0 Å². The second-order valence-electron chi connectivity index (χ2n) is 4.24. The van der Waals surface area contributed by atoms with Crippen LogP contribution in [0.2, 0.25) is 5.02 Å². The van der Waals surface area contributed by atoms with Crippen LogP contribution in [0.1, 0.15) is 0 Å². The summed E-state index contributed by atoms with van der Waals surface area (Å²) in [5.41, 5.74) is 1.63. The average molecular weight is 243 g/mol. The molecule has 1 aromatic rings. The van der Waals surface area contributed by atoms with Crippen molar-refractivity contribution in [2.75, 3.05) is 30.4 Å². The molecule has 2 unspecified atom stereocenters. The molecule has 0 aliphatic carbocycles. The second kappa shape index (κ2) is 3.79. The van der Waals surface area contributed by atoms with Crippen molar-refractivity contribution >= 4 is 23.0 Å². The lowest BCUT2D eigenvalue weighted by Gasteiger charge is -2.15. The fourth-order valence-electron chi connectivity index (χ4n) is 2.21. The van der Waals surface area contributed by atoms with Crippen molar-refractivity contribution in [2.45, 2.75) is 6.04 Å². The molecule has 0 spiro atoms. The predicted molar refractivity (Wildman–Crippen MR) is 61.6 cm³/mol. The van der Waals surface area contributed by atoms with E-state index in [1.165, 1.54) is 6.07 Å². The molecular formula is C11H12ClFN2O. The Morgan fingerprint density at radius 1 is 1.31 bits per heavy atom. The van der Waals surface area contributed by atoms with Crippen LogP contribution in [0.5, 0.6) is 0 Å². The van der Waals surface area contributed by atoms with Gasteiger partial charge >= 0.3 is 0 Å². The molecule has 3 rings (SSSR count). The highest BCUT2D eigenvalue weighted by Crippen LogP contribution is 2.33. The van der Waals surface area contributed by atoms with Crippen molar-refractivity contribution in [3.63, 3.8) is 0 Å². The summed E-state index contributed by atoms with van der Waals surface area (Å²) in [5.74, 6) is 0.0290. The van der Waals surface area contributed by atoms with Gasteiger partial charge in [-0.15, -0.1) is 0 Å².